The Morgan fingerprint density at radius 3 is 2.60 bits per heavy atom. The third kappa shape index (κ3) is 3.28. The lowest BCUT2D eigenvalue weighted by atomic mass is 10.2. The van der Waals surface area contributed by atoms with Crippen LogP contribution in [0.25, 0.3) is 22.9 Å². The average molecular weight is 333 g/mol. The molecule has 0 aliphatic rings. The van der Waals surface area contributed by atoms with Gasteiger partial charge in [0.2, 0.25) is 5.89 Å². The maximum absolute atomic E-state index is 5.53. The minimum Gasteiger partial charge on any atom is -0.497 e. The summed E-state index contributed by atoms with van der Waals surface area (Å²) in [7, 11) is 1.62. The van der Waals surface area contributed by atoms with Crippen molar-refractivity contribution in [3.8, 4) is 28.7 Å². The summed E-state index contributed by atoms with van der Waals surface area (Å²) in [6.45, 7) is 0. The SMILES string of the molecule is COc1cccc(-c2nc(Cc3coc(-c4ccccc4)n3)no2)c1. The Balaban J connectivity index is 1.53. The highest BCUT2D eigenvalue weighted by Gasteiger charge is 2.13. The fourth-order valence-electron chi connectivity index (χ4n) is 2.46. The number of oxazole rings is 1. The van der Waals surface area contributed by atoms with Gasteiger partial charge in [0.15, 0.2) is 5.82 Å². The molecule has 0 saturated heterocycles. The van der Waals surface area contributed by atoms with Gasteiger partial charge in [-0.2, -0.15) is 4.98 Å². The number of aromatic nitrogens is 3. The Kier molecular flexibility index (Phi) is 4.00. The molecule has 25 heavy (non-hydrogen) atoms. The van der Waals surface area contributed by atoms with Crippen LogP contribution in [0.15, 0.2) is 69.8 Å². The van der Waals surface area contributed by atoms with Crippen molar-refractivity contribution in [2.24, 2.45) is 0 Å². The minimum absolute atomic E-state index is 0.434. The van der Waals surface area contributed by atoms with Crippen LogP contribution in [0.1, 0.15) is 11.5 Å². The standard InChI is InChI=1S/C19H15N3O3/c1-23-16-9-5-8-14(10-16)19-21-17(22-25-19)11-15-12-24-18(20-15)13-6-3-2-4-7-13/h2-10,12H,11H2,1H3. The molecule has 0 atom stereocenters. The van der Waals surface area contributed by atoms with Crippen LogP contribution in [-0.2, 0) is 6.42 Å². The first-order chi connectivity index (χ1) is 12.3. The van der Waals surface area contributed by atoms with Crippen molar-refractivity contribution in [1.29, 1.82) is 0 Å². The van der Waals surface area contributed by atoms with E-state index in [9.17, 15) is 0 Å². The molecule has 6 heteroatoms. The van der Waals surface area contributed by atoms with Gasteiger partial charge in [0.05, 0.1) is 19.2 Å². The Hall–Kier alpha value is -3.41. The second-order valence-corrected chi connectivity index (χ2v) is 5.43. The molecule has 124 valence electrons. The molecule has 0 radical (unpaired) electrons. The highest BCUT2D eigenvalue weighted by atomic mass is 16.5. The molecule has 0 fully saturated rings. The number of hydrogen-bond acceptors (Lipinski definition) is 6. The van der Waals surface area contributed by atoms with Crippen LogP contribution in [0.5, 0.6) is 5.75 Å². The molecule has 0 aliphatic heterocycles. The minimum atomic E-state index is 0.434. The number of rotatable bonds is 5. The number of nitrogens with zero attached hydrogens (tertiary/aromatic N) is 3. The fraction of sp³-hybridized carbons (Fsp3) is 0.105. The monoisotopic (exact) mass is 333 g/mol. The summed E-state index contributed by atoms with van der Waals surface area (Å²) < 4.78 is 16.1. The molecule has 6 nitrogen and oxygen atoms in total. The highest BCUT2D eigenvalue weighted by Crippen LogP contribution is 2.23. The number of ether oxygens (including phenoxy) is 1. The molecule has 0 aliphatic carbocycles. The van der Waals surface area contributed by atoms with E-state index < -0.39 is 0 Å². The van der Waals surface area contributed by atoms with Crippen LogP contribution >= 0.6 is 0 Å². The van der Waals surface area contributed by atoms with Crippen LogP contribution in [0.4, 0.5) is 0 Å². The zero-order chi connectivity index (χ0) is 17.1. The lowest BCUT2D eigenvalue weighted by Gasteiger charge is -1.99. The molecule has 0 N–H and O–H groups in total. The van der Waals surface area contributed by atoms with E-state index in [1.165, 1.54) is 0 Å². The first-order valence-electron chi connectivity index (χ1n) is 7.78. The maximum atomic E-state index is 5.53. The summed E-state index contributed by atoms with van der Waals surface area (Å²) in [6, 6.07) is 17.2. The zero-order valence-electron chi connectivity index (χ0n) is 13.5. The van der Waals surface area contributed by atoms with Gasteiger partial charge in [-0.05, 0) is 30.3 Å². The molecule has 0 spiro atoms. The summed E-state index contributed by atoms with van der Waals surface area (Å²) >= 11 is 0. The highest BCUT2D eigenvalue weighted by molar-refractivity contribution is 5.55. The van der Waals surface area contributed by atoms with Gasteiger partial charge in [0.25, 0.3) is 5.89 Å². The largest absolute Gasteiger partial charge is 0.497 e. The van der Waals surface area contributed by atoms with Crippen LogP contribution in [0.2, 0.25) is 0 Å². The Morgan fingerprint density at radius 2 is 1.76 bits per heavy atom. The first-order valence-corrected chi connectivity index (χ1v) is 7.78. The molecule has 2 aromatic carbocycles. The Morgan fingerprint density at radius 1 is 0.920 bits per heavy atom. The van der Waals surface area contributed by atoms with Gasteiger partial charge in [-0.25, -0.2) is 4.98 Å². The van der Waals surface area contributed by atoms with E-state index >= 15 is 0 Å². The number of hydrogen-bond donors (Lipinski definition) is 0. The Labute approximate surface area is 144 Å². The topological polar surface area (TPSA) is 74.2 Å². The quantitative estimate of drug-likeness (QED) is 0.550. The summed E-state index contributed by atoms with van der Waals surface area (Å²) in [5.41, 5.74) is 2.49. The van der Waals surface area contributed by atoms with Crippen molar-refractivity contribution in [3.63, 3.8) is 0 Å². The Bertz CT molecular complexity index is 976. The fourth-order valence-corrected chi connectivity index (χ4v) is 2.46. The first kappa shape index (κ1) is 15.1. The lowest BCUT2D eigenvalue weighted by molar-refractivity contribution is 0.412. The van der Waals surface area contributed by atoms with Crippen LogP contribution in [0, 0.1) is 0 Å². The predicted octanol–water partition coefficient (Wildman–Crippen LogP) is 3.99. The van der Waals surface area contributed by atoms with Crippen molar-refractivity contribution in [3.05, 3.63) is 72.4 Å². The van der Waals surface area contributed by atoms with Gasteiger partial charge >= 0.3 is 0 Å². The molecule has 0 amide bonds. The third-order valence-corrected chi connectivity index (χ3v) is 3.70. The van der Waals surface area contributed by atoms with Gasteiger partial charge in [0, 0.05) is 11.1 Å². The summed E-state index contributed by atoms with van der Waals surface area (Å²) in [5.74, 6) is 2.31. The van der Waals surface area contributed by atoms with Crippen LogP contribution < -0.4 is 4.74 Å². The smallest absolute Gasteiger partial charge is 0.258 e. The molecule has 0 bridgehead atoms. The third-order valence-electron chi connectivity index (χ3n) is 3.70. The molecular weight excluding hydrogens is 318 g/mol. The summed E-state index contributed by atoms with van der Waals surface area (Å²) in [4.78, 5) is 8.90. The predicted molar refractivity (Wildman–Crippen MR) is 91.0 cm³/mol. The van der Waals surface area contributed by atoms with Gasteiger partial charge in [-0.1, -0.05) is 29.4 Å². The number of methoxy groups -OCH3 is 1. The second kappa shape index (κ2) is 6.60. The summed E-state index contributed by atoms with van der Waals surface area (Å²) in [5, 5.41) is 4.02. The van der Waals surface area contributed by atoms with E-state index in [2.05, 4.69) is 15.1 Å². The van der Waals surface area contributed by atoms with E-state index in [4.69, 9.17) is 13.7 Å². The molecular formula is C19H15N3O3. The van der Waals surface area contributed by atoms with Gasteiger partial charge < -0.3 is 13.7 Å². The van der Waals surface area contributed by atoms with Gasteiger partial charge in [-0.3, -0.25) is 0 Å². The van der Waals surface area contributed by atoms with Crippen molar-refractivity contribution in [2.75, 3.05) is 7.11 Å². The molecule has 0 unspecified atom stereocenters. The molecule has 2 aromatic heterocycles. The van der Waals surface area contributed by atoms with Crippen molar-refractivity contribution in [1.82, 2.24) is 15.1 Å². The van der Waals surface area contributed by atoms with E-state index in [-0.39, 0.29) is 0 Å². The normalized spacial score (nSPS) is 10.8. The molecule has 4 rings (SSSR count). The van der Waals surface area contributed by atoms with E-state index in [1.54, 1.807) is 13.4 Å². The zero-order valence-corrected chi connectivity index (χ0v) is 13.5. The van der Waals surface area contributed by atoms with Crippen molar-refractivity contribution in [2.45, 2.75) is 6.42 Å². The number of benzene rings is 2. The van der Waals surface area contributed by atoms with Crippen molar-refractivity contribution >= 4 is 0 Å². The van der Waals surface area contributed by atoms with Gasteiger partial charge in [0.1, 0.15) is 12.0 Å². The molecule has 4 aromatic rings. The second-order valence-electron chi connectivity index (χ2n) is 5.43. The van der Waals surface area contributed by atoms with E-state index in [0.717, 1.165) is 22.6 Å². The molecule has 2 heterocycles. The summed E-state index contributed by atoms with van der Waals surface area (Å²) in [6.07, 6.45) is 2.05. The van der Waals surface area contributed by atoms with Crippen LogP contribution in [-0.4, -0.2) is 22.2 Å². The van der Waals surface area contributed by atoms with Crippen LogP contribution in [0.3, 0.4) is 0 Å². The van der Waals surface area contributed by atoms with E-state index in [0.29, 0.717) is 24.0 Å². The lowest BCUT2D eigenvalue weighted by Crippen LogP contribution is -1.91. The van der Waals surface area contributed by atoms with Crippen molar-refractivity contribution < 1.29 is 13.7 Å². The van der Waals surface area contributed by atoms with E-state index in [1.807, 2.05) is 54.6 Å². The van der Waals surface area contributed by atoms with Gasteiger partial charge in [-0.15, -0.1) is 0 Å². The maximum Gasteiger partial charge on any atom is 0.258 e. The molecule has 0 saturated carbocycles. The average Bonchev–Trinajstić information content (AvgIpc) is 3.33.